The summed E-state index contributed by atoms with van der Waals surface area (Å²) >= 11 is 0. The number of esters is 1. The third kappa shape index (κ3) is 4.62. The molecule has 1 heterocycles. The van der Waals surface area contributed by atoms with E-state index in [0.29, 0.717) is 29.9 Å². The molecule has 0 aliphatic carbocycles. The van der Waals surface area contributed by atoms with Gasteiger partial charge in [-0.25, -0.2) is 4.79 Å². The fourth-order valence-electron chi connectivity index (χ4n) is 3.59. The molecule has 3 rings (SSSR count). The van der Waals surface area contributed by atoms with Crippen molar-refractivity contribution in [2.24, 2.45) is 10.4 Å². The highest BCUT2D eigenvalue weighted by molar-refractivity contribution is 5.92. The van der Waals surface area contributed by atoms with Gasteiger partial charge >= 0.3 is 5.97 Å². The minimum atomic E-state index is -0.796. The molecule has 2 aromatic rings. The lowest BCUT2D eigenvalue weighted by Crippen LogP contribution is -2.39. The molecule has 0 fully saturated rings. The molecule has 2 unspecified atom stereocenters. The van der Waals surface area contributed by atoms with E-state index in [2.05, 4.69) is 25.8 Å². The summed E-state index contributed by atoms with van der Waals surface area (Å²) in [7, 11) is 1.33. The Kier molecular flexibility index (Phi) is 6.42. The number of ether oxygens (including phenoxy) is 2. The molecule has 0 aromatic heterocycles. The second-order valence-electron chi connectivity index (χ2n) is 8.55. The van der Waals surface area contributed by atoms with Gasteiger partial charge in [-0.15, -0.1) is 0 Å². The number of hydrogen-bond donors (Lipinski definition) is 1. The number of rotatable bonds is 7. The van der Waals surface area contributed by atoms with Gasteiger partial charge in [0.2, 0.25) is 0 Å². The van der Waals surface area contributed by atoms with Gasteiger partial charge < -0.3 is 14.6 Å². The third-order valence-corrected chi connectivity index (χ3v) is 5.60. The average Bonchev–Trinajstić information content (AvgIpc) is 3.22. The van der Waals surface area contributed by atoms with E-state index in [0.717, 1.165) is 5.56 Å². The molecule has 2 atom stereocenters. The zero-order chi connectivity index (χ0) is 21.8. The van der Waals surface area contributed by atoms with E-state index in [1.807, 2.05) is 42.5 Å². The molecule has 158 valence electrons. The van der Waals surface area contributed by atoms with Crippen molar-refractivity contribution in [1.82, 2.24) is 0 Å². The predicted molar refractivity (Wildman–Crippen MR) is 118 cm³/mol. The summed E-state index contributed by atoms with van der Waals surface area (Å²) in [4.78, 5) is 17.0. The number of hydrogen-bond acceptors (Lipinski definition) is 5. The molecule has 1 N–H and O–H groups in total. The van der Waals surface area contributed by atoms with E-state index in [-0.39, 0.29) is 5.41 Å². The van der Waals surface area contributed by atoms with Crippen molar-refractivity contribution in [3.8, 4) is 5.75 Å². The standard InChI is InChI=1S/C25H29NO4/c1-24(2,3)25(13-8-14-26-25)16-21(27)19-11-12-22(20(15-19)23(28)29-4)30-17-18-9-6-5-7-10-18/h5-15,21,27H,16-17H2,1-4H3. The highest BCUT2D eigenvalue weighted by Crippen LogP contribution is 2.43. The summed E-state index contributed by atoms with van der Waals surface area (Å²) in [6, 6.07) is 14.9. The number of carbonyl (C=O) groups excluding carboxylic acids is 1. The van der Waals surface area contributed by atoms with Gasteiger partial charge in [0.25, 0.3) is 0 Å². The van der Waals surface area contributed by atoms with Crippen LogP contribution in [-0.4, -0.2) is 29.9 Å². The second-order valence-corrected chi connectivity index (χ2v) is 8.55. The van der Waals surface area contributed by atoms with Gasteiger partial charge in [-0.3, -0.25) is 4.99 Å². The Bertz CT molecular complexity index is 929. The fraction of sp³-hybridized carbons (Fsp3) is 0.360. The fourth-order valence-corrected chi connectivity index (χ4v) is 3.59. The van der Waals surface area contributed by atoms with E-state index < -0.39 is 17.6 Å². The molecular formula is C25H29NO4. The van der Waals surface area contributed by atoms with Crippen LogP contribution in [-0.2, 0) is 11.3 Å². The van der Waals surface area contributed by atoms with Crippen molar-refractivity contribution in [2.45, 2.75) is 45.4 Å². The quantitative estimate of drug-likeness (QED) is 0.663. The number of nitrogens with zero attached hydrogens (tertiary/aromatic N) is 1. The lowest BCUT2D eigenvalue weighted by Gasteiger charge is -2.39. The molecule has 0 saturated heterocycles. The Balaban J connectivity index is 1.84. The van der Waals surface area contributed by atoms with Crippen molar-refractivity contribution < 1.29 is 19.4 Å². The van der Waals surface area contributed by atoms with Gasteiger partial charge in [0.05, 0.1) is 18.8 Å². The van der Waals surface area contributed by atoms with Gasteiger partial charge in [0.15, 0.2) is 0 Å². The number of carbonyl (C=O) groups is 1. The second kappa shape index (κ2) is 8.84. The van der Waals surface area contributed by atoms with Gasteiger partial charge in [-0.1, -0.05) is 63.2 Å². The molecule has 5 heteroatoms. The molecule has 0 spiro atoms. The number of benzene rings is 2. The van der Waals surface area contributed by atoms with Crippen LogP contribution in [0.2, 0.25) is 0 Å². The van der Waals surface area contributed by atoms with Crippen LogP contribution in [0.1, 0.15) is 54.8 Å². The minimum Gasteiger partial charge on any atom is -0.488 e. The van der Waals surface area contributed by atoms with E-state index in [9.17, 15) is 9.90 Å². The van der Waals surface area contributed by atoms with E-state index in [4.69, 9.17) is 9.47 Å². The maximum absolute atomic E-state index is 12.4. The molecule has 0 radical (unpaired) electrons. The molecule has 30 heavy (non-hydrogen) atoms. The van der Waals surface area contributed by atoms with Crippen molar-refractivity contribution >= 4 is 12.2 Å². The Morgan fingerprint density at radius 3 is 2.50 bits per heavy atom. The zero-order valence-corrected chi connectivity index (χ0v) is 18.0. The van der Waals surface area contributed by atoms with Gasteiger partial charge in [0, 0.05) is 12.6 Å². The first-order valence-electron chi connectivity index (χ1n) is 10.1. The summed E-state index contributed by atoms with van der Waals surface area (Å²) in [5.41, 5.74) is 1.25. The predicted octanol–water partition coefficient (Wildman–Crippen LogP) is 4.90. The molecule has 0 bridgehead atoms. The van der Waals surface area contributed by atoms with Crippen LogP contribution in [0.4, 0.5) is 0 Å². The summed E-state index contributed by atoms with van der Waals surface area (Å²) < 4.78 is 10.8. The summed E-state index contributed by atoms with van der Waals surface area (Å²) in [5.74, 6) is -0.0811. The van der Waals surface area contributed by atoms with E-state index >= 15 is 0 Å². The number of aliphatic hydroxyl groups is 1. The van der Waals surface area contributed by atoms with Crippen molar-refractivity contribution in [3.63, 3.8) is 0 Å². The Morgan fingerprint density at radius 1 is 1.17 bits per heavy atom. The van der Waals surface area contributed by atoms with Gasteiger partial charge in [0.1, 0.15) is 17.9 Å². The highest BCUT2D eigenvalue weighted by Gasteiger charge is 2.42. The summed E-state index contributed by atoms with van der Waals surface area (Å²) in [6.07, 6.45) is 5.34. The molecule has 1 aliphatic rings. The first-order valence-corrected chi connectivity index (χ1v) is 10.1. The first-order chi connectivity index (χ1) is 14.3. The maximum Gasteiger partial charge on any atom is 0.341 e. The third-order valence-electron chi connectivity index (χ3n) is 5.60. The van der Waals surface area contributed by atoms with Crippen LogP contribution in [0, 0.1) is 5.41 Å². The molecule has 2 aromatic carbocycles. The Morgan fingerprint density at radius 2 is 1.90 bits per heavy atom. The van der Waals surface area contributed by atoms with Crippen LogP contribution in [0.3, 0.4) is 0 Å². The van der Waals surface area contributed by atoms with Crippen LogP contribution >= 0.6 is 0 Å². The monoisotopic (exact) mass is 407 g/mol. The van der Waals surface area contributed by atoms with Crippen molar-refractivity contribution in [2.75, 3.05) is 7.11 Å². The Labute approximate surface area is 178 Å². The van der Waals surface area contributed by atoms with Crippen molar-refractivity contribution in [1.29, 1.82) is 0 Å². The van der Waals surface area contributed by atoms with Crippen LogP contribution in [0.15, 0.2) is 65.7 Å². The Hall–Kier alpha value is -2.92. The number of aliphatic imine (C=N–C) groups is 1. The lowest BCUT2D eigenvalue weighted by atomic mass is 9.70. The largest absolute Gasteiger partial charge is 0.488 e. The number of methoxy groups -OCH3 is 1. The van der Waals surface area contributed by atoms with Crippen LogP contribution < -0.4 is 4.74 Å². The topological polar surface area (TPSA) is 68.1 Å². The van der Waals surface area contributed by atoms with Gasteiger partial charge in [-0.05, 0) is 34.8 Å². The maximum atomic E-state index is 12.4. The normalized spacial score (nSPS) is 19.0. The molecule has 0 saturated carbocycles. The first kappa shape index (κ1) is 21.8. The van der Waals surface area contributed by atoms with Crippen molar-refractivity contribution in [3.05, 3.63) is 77.4 Å². The van der Waals surface area contributed by atoms with E-state index in [1.54, 1.807) is 24.4 Å². The molecular weight excluding hydrogens is 378 g/mol. The molecule has 5 nitrogen and oxygen atoms in total. The SMILES string of the molecule is COC(=O)c1cc(C(O)CC2(C(C)(C)C)C=CC=N2)ccc1OCc1ccccc1. The highest BCUT2D eigenvalue weighted by atomic mass is 16.5. The lowest BCUT2D eigenvalue weighted by molar-refractivity contribution is 0.0594. The summed E-state index contributed by atoms with van der Waals surface area (Å²) in [5, 5.41) is 11.0. The minimum absolute atomic E-state index is 0.165. The zero-order valence-electron chi connectivity index (χ0n) is 18.0. The van der Waals surface area contributed by atoms with Crippen LogP contribution in [0.25, 0.3) is 0 Å². The smallest absolute Gasteiger partial charge is 0.341 e. The summed E-state index contributed by atoms with van der Waals surface area (Å²) in [6.45, 7) is 6.65. The average molecular weight is 408 g/mol. The van der Waals surface area contributed by atoms with Gasteiger partial charge in [-0.2, -0.15) is 0 Å². The van der Waals surface area contributed by atoms with Crippen LogP contribution in [0.5, 0.6) is 5.75 Å². The van der Waals surface area contributed by atoms with E-state index in [1.165, 1.54) is 7.11 Å². The molecule has 1 aliphatic heterocycles. The number of allylic oxidation sites excluding steroid dienone is 1. The number of aliphatic hydroxyl groups excluding tert-OH is 1. The molecule has 0 amide bonds.